The van der Waals surface area contributed by atoms with Crippen LogP contribution in [0.2, 0.25) is 0 Å². The highest BCUT2D eigenvalue weighted by Crippen LogP contribution is 2.31. The molecule has 2 aromatic heterocycles. The fourth-order valence-corrected chi connectivity index (χ4v) is 3.54. The van der Waals surface area contributed by atoms with Crippen LogP contribution in [0.3, 0.4) is 0 Å². The van der Waals surface area contributed by atoms with Gasteiger partial charge < -0.3 is 15.7 Å². The van der Waals surface area contributed by atoms with Gasteiger partial charge in [-0.2, -0.15) is 0 Å². The van der Waals surface area contributed by atoms with E-state index in [1.54, 1.807) is 0 Å². The topological polar surface area (TPSA) is 107 Å². The van der Waals surface area contributed by atoms with Crippen molar-refractivity contribution in [2.75, 3.05) is 0 Å². The summed E-state index contributed by atoms with van der Waals surface area (Å²) in [6.07, 6.45) is 3.37. The Bertz CT molecular complexity index is 1160. The number of imidazole rings is 2. The highest BCUT2D eigenvalue weighted by atomic mass is 15.0. The second-order valence-electron chi connectivity index (χ2n) is 7.86. The van der Waals surface area contributed by atoms with Crippen molar-refractivity contribution in [1.82, 2.24) is 19.9 Å². The molecule has 0 atom stereocenters. The van der Waals surface area contributed by atoms with Crippen LogP contribution in [0.4, 0.5) is 0 Å². The molecule has 0 aliphatic heterocycles. The molecule has 6 nitrogen and oxygen atoms in total. The first kappa shape index (κ1) is 18.2. The number of aromatic nitrogens is 4. The Labute approximate surface area is 164 Å². The van der Waals surface area contributed by atoms with Crippen LogP contribution in [-0.4, -0.2) is 25.8 Å². The summed E-state index contributed by atoms with van der Waals surface area (Å²) in [4.78, 5) is 16.6. The molecule has 0 saturated heterocycles. The lowest BCUT2D eigenvalue weighted by atomic mass is 9.92. The molecular weight excluding hydrogens is 348 g/mol. The highest BCUT2D eigenvalue weighted by Gasteiger charge is 2.30. The predicted octanol–water partition coefficient (Wildman–Crippen LogP) is 4.39. The molecule has 0 saturated carbocycles. The van der Waals surface area contributed by atoms with Crippen LogP contribution < -0.4 is 5.73 Å². The molecule has 6 heteroatoms. The number of hydrogen-bond acceptors (Lipinski definition) is 3. The number of nitrogens with zero attached hydrogens (tertiary/aromatic N) is 2. The molecule has 5 N–H and O–H groups in total. The maximum Gasteiger partial charge on any atom is 0.122 e. The third-order valence-electron chi connectivity index (χ3n) is 5.37. The molecule has 4 rings (SSSR count). The third-order valence-corrected chi connectivity index (χ3v) is 5.37. The number of nitrogens with one attached hydrogen (secondary N) is 3. The van der Waals surface area contributed by atoms with Gasteiger partial charge in [0.2, 0.25) is 0 Å². The molecule has 28 heavy (non-hydrogen) atoms. The number of benzene rings is 2. The predicted molar refractivity (Wildman–Crippen MR) is 114 cm³/mol. The zero-order valence-electron chi connectivity index (χ0n) is 16.6. The number of aromatic amines is 2. The minimum absolute atomic E-state index is 0.0441. The van der Waals surface area contributed by atoms with E-state index in [0.717, 1.165) is 46.6 Å². The van der Waals surface area contributed by atoms with Crippen molar-refractivity contribution < 1.29 is 0 Å². The smallest absolute Gasteiger partial charge is 0.122 e. The van der Waals surface area contributed by atoms with Crippen molar-refractivity contribution in [2.45, 2.75) is 45.4 Å². The molecule has 0 aliphatic rings. The van der Waals surface area contributed by atoms with E-state index in [1.165, 1.54) is 12.0 Å². The van der Waals surface area contributed by atoms with Crippen molar-refractivity contribution in [3.8, 4) is 0 Å². The van der Waals surface area contributed by atoms with Gasteiger partial charge in [0.25, 0.3) is 0 Å². The molecule has 0 spiro atoms. The fourth-order valence-electron chi connectivity index (χ4n) is 3.54. The van der Waals surface area contributed by atoms with Crippen LogP contribution >= 0.6 is 0 Å². The SMILES string of the molecule is CCCCc1cccc2[nH]c(C(C)(C)c3nc4cc(C(=N)N)ccc4[nH]3)nc12. The summed E-state index contributed by atoms with van der Waals surface area (Å²) in [6.45, 7) is 6.43. The summed E-state index contributed by atoms with van der Waals surface area (Å²) in [5, 5.41) is 7.63. The Hall–Kier alpha value is -3.15. The Morgan fingerprint density at radius 1 is 1.07 bits per heavy atom. The van der Waals surface area contributed by atoms with Crippen molar-refractivity contribution in [2.24, 2.45) is 5.73 Å². The Kier molecular flexibility index (Phi) is 4.41. The van der Waals surface area contributed by atoms with E-state index in [9.17, 15) is 0 Å². The zero-order valence-corrected chi connectivity index (χ0v) is 16.6. The van der Waals surface area contributed by atoms with Crippen molar-refractivity contribution in [3.63, 3.8) is 0 Å². The van der Waals surface area contributed by atoms with Crippen LogP contribution in [0.25, 0.3) is 22.1 Å². The van der Waals surface area contributed by atoms with Crippen LogP contribution in [0.1, 0.15) is 56.4 Å². The normalized spacial score (nSPS) is 12.1. The Morgan fingerprint density at radius 3 is 2.57 bits per heavy atom. The Morgan fingerprint density at radius 2 is 1.82 bits per heavy atom. The van der Waals surface area contributed by atoms with Gasteiger partial charge in [-0.25, -0.2) is 9.97 Å². The average Bonchev–Trinajstić information content (AvgIpc) is 3.30. The summed E-state index contributed by atoms with van der Waals surface area (Å²) in [7, 11) is 0. The van der Waals surface area contributed by atoms with Gasteiger partial charge >= 0.3 is 0 Å². The van der Waals surface area contributed by atoms with Gasteiger partial charge in [-0.1, -0.05) is 25.5 Å². The quantitative estimate of drug-likeness (QED) is 0.297. The molecule has 0 radical (unpaired) electrons. The lowest BCUT2D eigenvalue weighted by Gasteiger charge is -2.19. The summed E-state index contributed by atoms with van der Waals surface area (Å²) in [5.41, 5.74) is 11.0. The number of rotatable bonds is 6. The second-order valence-corrected chi connectivity index (χ2v) is 7.86. The number of fused-ring (bicyclic) bond motifs is 2. The fraction of sp³-hybridized carbons (Fsp3) is 0.318. The lowest BCUT2D eigenvalue weighted by molar-refractivity contribution is 0.567. The number of H-pyrrole nitrogens is 2. The Balaban J connectivity index is 1.77. The molecule has 2 heterocycles. The van der Waals surface area contributed by atoms with Gasteiger partial charge in [-0.05, 0) is 56.5 Å². The van der Waals surface area contributed by atoms with Crippen molar-refractivity contribution in [1.29, 1.82) is 5.41 Å². The number of nitrogens with two attached hydrogens (primary N) is 1. The van der Waals surface area contributed by atoms with Gasteiger partial charge in [-0.15, -0.1) is 0 Å². The van der Waals surface area contributed by atoms with Gasteiger partial charge in [0, 0.05) is 5.56 Å². The molecule has 4 aromatic rings. The molecule has 0 unspecified atom stereocenters. The van der Waals surface area contributed by atoms with Gasteiger partial charge in [-0.3, -0.25) is 5.41 Å². The number of aryl methyl sites for hydroxylation is 1. The van der Waals surface area contributed by atoms with E-state index < -0.39 is 5.41 Å². The molecule has 0 fully saturated rings. The van der Waals surface area contributed by atoms with Crippen molar-refractivity contribution >= 4 is 27.9 Å². The number of unbranched alkanes of at least 4 members (excludes halogenated alkanes) is 1. The van der Waals surface area contributed by atoms with E-state index in [0.29, 0.717) is 5.56 Å². The zero-order chi connectivity index (χ0) is 19.9. The first-order chi connectivity index (χ1) is 13.4. The maximum atomic E-state index is 7.63. The molecule has 2 aromatic carbocycles. The van der Waals surface area contributed by atoms with Gasteiger partial charge in [0.1, 0.15) is 17.5 Å². The maximum absolute atomic E-state index is 7.63. The highest BCUT2D eigenvalue weighted by molar-refractivity contribution is 5.98. The van der Waals surface area contributed by atoms with Crippen LogP contribution in [-0.2, 0) is 11.8 Å². The molecule has 0 amide bonds. The average molecular weight is 374 g/mol. The summed E-state index contributed by atoms with van der Waals surface area (Å²) in [6, 6.07) is 11.9. The van der Waals surface area contributed by atoms with E-state index in [4.69, 9.17) is 21.1 Å². The van der Waals surface area contributed by atoms with Crippen LogP contribution in [0.5, 0.6) is 0 Å². The van der Waals surface area contributed by atoms with E-state index in [1.807, 2.05) is 18.2 Å². The lowest BCUT2D eigenvalue weighted by Crippen LogP contribution is -2.22. The summed E-state index contributed by atoms with van der Waals surface area (Å²) < 4.78 is 0. The number of para-hydroxylation sites is 1. The second kappa shape index (κ2) is 6.78. The van der Waals surface area contributed by atoms with E-state index in [2.05, 4.69) is 48.9 Å². The number of hydrogen-bond donors (Lipinski definition) is 4. The summed E-state index contributed by atoms with van der Waals surface area (Å²) in [5.74, 6) is 1.76. The first-order valence-corrected chi connectivity index (χ1v) is 9.73. The van der Waals surface area contributed by atoms with E-state index in [-0.39, 0.29) is 5.84 Å². The number of amidine groups is 1. The minimum Gasteiger partial charge on any atom is -0.384 e. The van der Waals surface area contributed by atoms with Crippen molar-refractivity contribution in [3.05, 3.63) is 59.2 Å². The van der Waals surface area contributed by atoms with Crippen LogP contribution in [0, 0.1) is 5.41 Å². The van der Waals surface area contributed by atoms with Gasteiger partial charge in [0.05, 0.1) is 27.5 Å². The molecular formula is C22H26N6. The summed E-state index contributed by atoms with van der Waals surface area (Å²) >= 11 is 0. The molecule has 144 valence electrons. The standard InChI is InChI=1S/C22H26N6/c1-4-5-7-13-8-6-9-16-18(13)28-21(26-16)22(2,3)20-25-15-11-10-14(19(23)24)12-17(15)27-20/h6,8-12H,4-5,7H2,1-3H3,(H3,23,24)(H,25,27)(H,26,28). The largest absolute Gasteiger partial charge is 0.384 e. The number of nitrogen functional groups attached to an aromatic ring is 1. The monoisotopic (exact) mass is 374 g/mol. The van der Waals surface area contributed by atoms with Gasteiger partial charge in [0.15, 0.2) is 0 Å². The third kappa shape index (κ3) is 3.05. The molecule has 0 aliphatic carbocycles. The first-order valence-electron chi connectivity index (χ1n) is 9.73. The van der Waals surface area contributed by atoms with E-state index >= 15 is 0 Å². The molecule has 0 bridgehead atoms. The van der Waals surface area contributed by atoms with Crippen LogP contribution in [0.15, 0.2) is 36.4 Å². The minimum atomic E-state index is -0.420.